The number of para-hydroxylation sites is 1. The second-order valence-corrected chi connectivity index (χ2v) is 14.3. The summed E-state index contributed by atoms with van der Waals surface area (Å²) in [6, 6.07) is 17.1. The molecule has 13 heteroatoms. The molecular weight excluding hydrogens is 660 g/mol. The van der Waals surface area contributed by atoms with Crippen LogP contribution in [0.25, 0.3) is 16.6 Å². The van der Waals surface area contributed by atoms with Crippen LogP contribution in [0.5, 0.6) is 5.75 Å². The molecule has 2 aliphatic rings. The van der Waals surface area contributed by atoms with E-state index >= 15 is 0 Å². The molecule has 4 aromatic heterocycles. The highest BCUT2D eigenvalue weighted by atomic mass is 35.5. The van der Waals surface area contributed by atoms with Crippen molar-refractivity contribution in [2.45, 2.75) is 41.5 Å². The largest absolute Gasteiger partial charge is 0.506 e. The van der Waals surface area contributed by atoms with E-state index in [0.717, 1.165) is 38.3 Å². The first-order valence-corrected chi connectivity index (χ1v) is 17.2. The first-order chi connectivity index (χ1) is 23.7. The van der Waals surface area contributed by atoms with Crippen LogP contribution in [0.4, 0.5) is 11.8 Å². The number of fused-ring (bicyclic) bond motifs is 3. The van der Waals surface area contributed by atoms with E-state index in [-0.39, 0.29) is 39.9 Å². The van der Waals surface area contributed by atoms with Gasteiger partial charge in [0.2, 0.25) is 5.95 Å². The number of imidazole rings is 1. The molecule has 1 spiro atoms. The van der Waals surface area contributed by atoms with Crippen LogP contribution in [0.1, 0.15) is 46.1 Å². The van der Waals surface area contributed by atoms with Crippen LogP contribution >= 0.6 is 23.4 Å². The molecular formula is C36H33ClN8O3S. The molecule has 0 bridgehead atoms. The number of nitrogens with zero attached hydrogens (tertiary/aromatic N) is 6. The topological polar surface area (TPSA) is 158 Å². The van der Waals surface area contributed by atoms with Gasteiger partial charge >= 0.3 is 0 Å². The van der Waals surface area contributed by atoms with E-state index in [1.54, 1.807) is 49.8 Å². The molecule has 1 unspecified atom stereocenters. The third-order valence-electron chi connectivity index (χ3n) is 10.2. The molecule has 6 aromatic rings. The van der Waals surface area contributed by atoms with Gasteiger partial charge in [0.1, 0.15) is 17.1 Å². The molecule has 248 valence electrons. The summed E-state index contributed by atoms with van der Waals surface area (Å²) < 4.78 is 3.29. The summed E-state index contributed by atoms with van der Waals surface area (Å²) in [6.07, 6.45) is 7.72. The molecule has 1 fully saturated rings. The van der Waals surface area contributed by atoms with Gasteiger partial charge in [-0.05, 0) is 54.0 Å². The number of aryl methyl sites for hydroxylation is 1. The normalized spacial score (nSPS) is 16.9. The number of piperidine rings is 1. The van der Waals surface area contributed by atoms with Crippen LogP contribution in [0.15, 0.2) is 87.8 Å². The maximum atomic E-state index is 13.5. The number of Topliss-reactive ketones (excluding diaryl/α,β-unsaturated/α-hetero) is 1. The smallest absolute Gasteiger partial charge is 0.265 e. The molecule has 0 saturated carbocycles. The molecule has 11 nitrogen and oxygen atoms in total. The van der Waals surface area contributed by atoms with Gasteiger partial charge in [0.25, 0.3) is 5.56 Å². The van der Waals surface area contributed by atoms with Crippen molar-refractivity contribution < 1.29 is 9.90 Å². The molecule has 5 N–H and O–H groups in total. The monoisotopic (exact) mass is 692 g/mol. The number of benzene rings is 2. The average Bonchev–Trinajstić information content (AvgIpc) is 3.70. The van der Waals surface area contributed by atoms with Crippen LogP contribution in [0, 0.1) is 5.41 Å². The van der Waals surface area contributed by atoms with Crippen LogP contribution in [-0.4, -0.2) is 47.9 Å². The van der Waals surface area contributed by atoms with Crippen LogP contribution < -0.4 is 21.9 Å². The number of carbonyl (C=O) groups is 1. The lowest BCUT2D eigenvalue weighted by atomic mass is 9.73. The minimum absolute atomic E-state index is 0.0184. The molecule has 1 atom stereocenters. The summed E-state index contributed by atoms with van der Waals surface area (Å²) in [7, 11) is 1.56. The summed E-state index contributed by atoms with van der Waals surface area (Å²) in [5.41, 5.74) is 16.6. The van der Waals surface area contributed by atoms with Crippen molar-refractivity contribution in [3.63, 3.8) is 0 Å². The number of nitrogen functional groups attached to an aromatic ring is 1. The number of rotatable bonds is 6. The Labute approximate surface area is 290 Å². The standard InChI is InChI=1S/C36H33ClN8O3S/c1-43-24-9-5-4-8-22(24)29(47)27(34(43)48)25(46)18-23-28(37)26(10-13-40-23)49-30-32(39)42-35(45-17-14-41-33(30)45)44-15-11-36(12-16-44)19-20-6-2-3-7-21(20)31(36)38/h2-10,13-14,17,31,47H,11-12,15-16,18-19,38-39H2,1H3. The van der Waals surface area contributed by atoms with Crippen molar-refractivity contribution in [2.24, 2.45) is 18.2 Å². The van der Waals surface area contributed by atoms with Crippen LogP contribution in [0.3, 0.4) is 0 Å². The van der Waals surface area contributed by atoms with Gasteiger partial charge in [-0.2, -0.15) is 4.98 Å². The minimum atomic E-state index is -0.594. The molecule has 1 aliphatic heterocycles. The molecule has 5 heterocycles. The lowest BCUT2D eigenvalue weighted by molar-refractivity contribution is 0.0987. The maximum absolute atomic E-state index is 13.5. The summed E-state index contributed by atoms with van der Waals surface area (Å²) in [5.74, 6) is 0.0783. The highest BCUT2D eigenvalue weighted by Gasteiger charge is 2.46. The van der Waals surface area contributed by atoms with Crippen molar-refractivity contribution in [3.8, 4) is 5.75 Å². The molecule has 1 saturated heterocycles. The van der Waals surface area contributed by atoms with Gasteiger partial charge in [-0.1, -0.05) is 59.8 Å². The number of anilines is 2. The Morgan fingerprint density at radius 3 is 2.63 bits per heavy atom. The third kappa shape index (κ3) is 5.04. The van der Waals surface area contributed by atoms with Gasteiger partial charge in [-0.3, -0.25) is 19.0 Å². The summed E-state index contributed by atoms with van der Waals surface area (Å²) >= 11 is 8.13. The fourth-order valence-electron chi connectivity index (χ4n) is 7.49. The SMILES string of the molecule is Cn1c(=O)c(C(=O)Cc2nccc(Sc3c(N)nc(N4CCC5(CC4)Cc4ccccc4C5N)n4ccnc34)c2Cl)c(O)c2ccccc21. The first kappa shape index (κ1) is 31.4. The minimum Gasteiger partial charge on any atom is -0.506 e. The second-order valence-electron chi connectivity index (χ2n) is 12.8. The number of hydrogen-bond donors (Lipinski definition) is 3. The Bertz CT molecular complexity index is 2370. The highest BCUT2D eigenvalue weighted by Crippen LogP contribution is 2.51. The fourth-order valence-corrected chi connectivity index (χ4v) is 8.73. The Morgan fingerprint density at radius 1 is 1.08 bits per heavy atom. The zero-order chi connectivity index (χ0) is 34.0. The van der Waals surface area contributed by atoms with E-state index in [2.05, 4.69) is 39.1 Å². The lowest BCUT2D eigenvalue weighted by Crippen LogP contribution is -2.45. The van der Waals surface area contributed by atoms with E-state index < -0.39 is 11.3 Å². The maximum Gasteiger partial charge on any atom is 0.265 e. The van der Waals surface area contributed by atoms with Crippen LogP contribution in [0.2, 0.25) is 5.02 Å². The number of pyridine rings is 2. The number of halogens is 1. The summed E-state index contributed by atoms with van der Waals surface area (Å²) in [5, 5.41) is 11.6. The van der Waals surface area contributed by atoms with Gasteiger partial charge in [0.15, 0.2) is 11.4 Å². The molecule has 8 rings (SSSR count). The van der Waals surface area contributed by atoms with Gasteiger partial charge in [-0.25, -0.2) is 4.98 Å². The third-order valence-corrected chi connectivity index (χ3v) is 11.9. The van der Waals surface area contributed by atoms with Crippen molar-refractivity contribution in [1.29, 1.82) is 0 Å². The van der Waals surface area contributed by atoms with E-state index in [4.69, 9.17) is 28.1 Å². The summed E-state index contributed by atoms with van der Waals surface area (Å²) in [4.78, 5) is 43.9. The lowest BCUT2D eigenvalue weighted by Gasteiger charge is -2.42. The van der Waals surface area contributed by atoms with Crippen molar-refractivity contribution in [1.82, 2.24) is 23.9 Å². The number of hydrogen-bond acceptors (Lipinski definition) is 10. The van der Waals surface area contributed by atoms with Crippen molar-refractivity contribution in [3.05, 3.63) is 111 Å². The van der Waals surface area contributed by atoms with Crippen molar-refractivity contribution >= 4 is 57.5 Å². The van der Waals surface area contributed by atoms with E-state index in [9.17, 15) is 14.7 Å². The Hall–Kier alpha value is -4.91. The number of carbonyl (C=O) groups excluding carboxylic acids is 1. The van der Waals surface area contributed by atoms with Crippen molar-refractivity contribution in [2.75, 3.05) is 23.7 Å². The van der Waals surface area contributed by atoms with E-state index in [1.165, 1.54) is 27.5 Å². The zero-order valence-corrected chi connectivity index (χ0v) is 28.2. The van der Waals surface area contributed by atoms with Gasteiger partial charge in [0, 0.05) is 55.1 Å². The Balaban J connectivity index is 1.05. The second kappa shape index (κ2) is 11.9. The Kier molecular flexibility index (Phi) is 7.62. The zero-order valence-electron chi connectivity index (χ0n) is 26.6. The van der Waals surface area contributed by atoms with E-state index in [0.29, 0.717) is 32.2 Å². The van der Waals surface area contributed by atoms with Gasteiger partial charge < -0.3 is 26.0 Å². The molecule has 0 radical (unpaired) electrons. The average molecular weight is 693 g/mol. The molecule has 2 aromatic carbocycles. The molecule has 0 amide bonds. The quantitative estimate of drug-likeness (QED) is 0.195. The number of aromatic hydroxyl groups is 1. The highest BCUT2D eigenvalue weighted by molar-refractivity contribution is 7.99. The van der Waals surface area contributed by atoms with Crippen LogP contribution in [-0.2, 0) is 19.9 Å². The van der Waals surface area contributed by atoms with Gasteiger partial charge in [0.05, 0.1) is 27.5 Å². The summed E-state index contributed by atoms with van der Waals surface area (Å²) in [6.45, 7) is 1.58. The number of nitrogens with two attached hydrogens (primary N) is 2. The van der Waals surface area contributed by atoms with Gasteiger partial charge in [-0.15, -0.1) is 0 Å². The molecule has 49 heavy (non-hydrogen) atoms. The number of ketones is 1. The Morgan fingerprint density at radius 2 is 1.84 bits per heavy atom. The predicted octanol–water partition coefficient (Wildman–Crippen LogP) is 5.34. The predicted molar refractivity (Wildman–Crippen MR) is 191 cm³/mol. The van der Waals surface area contributed by atoms with E-state index in [1.807, 2.05) is 10.6 Å². The first-order valence-electron chi connectivity index (χ1n) is 16.0. The molecule has 1 aliphatic carbocycles. The number of aromatic nitrogens is 5. The fraction of sp³-hybridized carbons (Fsp3) is 0.250.